The van der Waals surface area contributed by atoms with Gasteiger partial charge in [0.2, 0.25) is 5.76 Å². The van der Waals surface area contributed by atoms with E-state index in [1.807, 2.05) is 20.0 Å². The molecule has 0 bridgehead atoms. The first-order chi connectivity index (χ1) is 15.8. The molecule has 0 aliphatic carbocycles. The fourth-order valence-corrected chi connectivity index (χ4v) is 3.25. The van der Waals surface area contributed by atoms with E-state index in [9.17, 15) is 18.0 Å². The van der Waals surface area contributed by atoms with Gasteiger partial charge >= 0.3 is 0 Å². The van der Waals surface area contributed by atoms with Crippen molar-refractivity contribution in [2.75, 3.05) is 13.1 Å². The van der Waals surface area contributed by atoms with Crippen LogP contribution < -0.4 is 5.32 Å². The monoisotopic (exact) mass is 461 g/mol. The zero-order valence-corrected chi connectivity index (χ0v) is 18.7. The summed E-state index contributed by atoms with van der Waals surface area (Å²) >= 11 is 0. The van der Waals surface area contributed by atoms with Gasteiger partial charge in [0.25, 0.3) is 12.3 Å². The first kappa shape index (κ1) is 24.2. The highest BCUT2D eigenvalue weighted by Gasteiger charge is 2.29. The van der Waals surface area contributed by atoms with Gasteiger partial charge in [0.1, 0.15) is 11.4 Å². The third-order valence-corrected chi connectivity index (χ3v) is 5.32. The molecule has 0 radical (unpaired) electrons. The second-order valence-corrected chi connectivity index (χ2v) is 7.69. The van der Waals surface area contributed by atoms with Crippen molar-refractivity contribution in [1.82, 2.24) is 15.2 Å². The molecule has 3 heterocycles. The van der Waals surface area contributed by atoms with E-state index in [1.54, 1.807) is 18.4 Å². The molecule has 0 spiro atoms. The quantitative estimate of drug-likeness (QED) is 0.489. The maximum Gasteiger partial charge on any atom is 0.292 e. The molecule has 176 valence electrons. The average molecular weight is 461 g/mol. The van der Waals surface area contributed by atoms with Crippen molar-refractivity contribution in [1.29, 1.82) is 0 Å². The molecule has 0 unspecified atom stereocenters. The van der Waals surface area contributed by atoms with Crippen LogP contribution in [0.2, 0.25) is 0 Å². The van der Waals surface area contributed by atoms with E-state index < -0.39 is 18.0 Å². The normalized spacial score (nSPS) is 14.5. The Morgan fingerprint density at radius 2 is 2.09 bits per heavy atom. The Kier molecular flexibility index (Phi) is 7.97. The summed E-state index contributed by atoms with van der Waals surface area (Å²) in [6.45, 7) is 6.86. The standard InChI is InChI=1S/C16H21F2N3O2.C8H5FO/c1-4-10(2)7-19-12-5-6-21(8-11(12)3)16(22)14-13(15(17)18)20-9-23-14;9-7-1-2-8-6(5-7)3-4-10-8/h7,9,15,19H,4-6,8H2,1-3H3;1-5H. The van der Waals surface area contributed by atoms with E-state index in [0.717, 1.165) is 35.1 Å². The molecule has 3 aromatic rings. The Balaban J connectivity index is 0.000000252. The smallest absolute Gasteiger partial charge is 0.292 e. The average Bonchev–Trinajstić information content (AvgIpc) is 3.47. The van der Waals surface area contributed by atoms with Crippen molar-refractivity contribution in [3.63, 3.8) is 0 Å². The van der Waals surface area contributed by atoms with E-state index in [-0.39, 0.29) is 11.6 Å². The number of hydrogen-bond acceptors (Lipinski definition) is 5. The van der Waals surface area contributed by atoms with Crippen molar-refractivity contribution in [2.45, 2.75) is 40.0 Å². The number of nitrogens with zero attached hydrogens (tertiary/aromatic N) is 2. The van der Waals surface area contributed by atoms with Crippen LogP contribution in [0.15, 0.2) is 68.8 Å². The number of rotatable bonds is 5. The van der Waals surface area contributed by atoms with Crippen molar-refractivity contribution in [3.8, 4) is 0 Å². The fourth-order valence-electron chi connectivity index (χ4n) is 3.25. The van der Waals surface area contributed by atoms with E-state index in [0.29, 0.717) is 19.5 Å². The summed E-state index contributed by atoms with van der Waals surface area (Å²) in [4.78, 5) is 17.3. The number of nitrogens with one attached hydrogen (secondary N) is 1. The maximum absolute atomic E-state index is 12.8. The molecule has 6 nitrogen and oxygen atoms in total. The molecular weight excluding hydrogens is 435 g/mol. The van der Waals surface area contributed by atoms with Crippen LogP contribution in [0.25, 0.3) is 11.0 Å². The summed E-state index contributed by atoms with van der Waals surface area (Å²) in [6.07, 6.45) is 3.17. The van der Waals surface area contributed by atoms with Crippen LogP contribution in [-0.4, -0.2) is 28.9 Å². The van der Waals surface area contributed by atoms with Crippen molar-refractivity contribution in [2.24, 2.45) is 0 Å². The number of carbonyl (C=O) groups is 1. The Morgan fingerprint density at radius 1 is 1.30 bits per heavy atom. The number of oxazole rings is 1. The van der Waals surface area contributed by atoms with Gasteiger partial charge in [0.15, 0.2) is 12.1 Å². The lowest BCUT2D eigenvalue weighted by atomic mass is 10.1. The van der Waals surface area contributed by atoms with E-state index >= 15 is 0 Å². The Morgan fingerprint density at radius 3 is 2.79 bits per heavy atom. The van der Waals surface area contributed by atoms with Gasteiger partial charge in [-0.15, -0.1) is 0 Å². The van der Waals surface area contributed by atoms with Gasteiger partial charge < -0.3 is 19.1 Å². The van der Waals surface area contributed by atoms with Crippen molar-refractivity contribution in [3.05, 3.63) is 77.2 Å². The summed E-state index contributed by atoms with van der Waals surface area (Å²) in [5.41, 5.74) is 3.42. The molecule has 0 fully saturated rings. The van der Waals surface area contributed by atoms with Crippen LogP contribution in [-0.2, 0) is 0 Å². The molecule has 9 heteroatoms. The first-order valence-corrected chi connectivity index (χ1v) is 10.5. The Labute approximate surface area is 189 Å². The third kappa shape index (κ3) is 6.06. The number of aromatic nitrogens is 1. The predicted octanol–water partition coefficient (Wildman–Crippen LogP) is 6.21. The minimum absolute atomic E-state index is 0.228. The van der Waals surface area contributed by atoms with Crippen LogP contribution in [0.3, 0.4) is 0 Å². The number of hydrogen-bond donors (Lipinski definition) is 1. The largest absolute Gasteiger partial charge is 0.464 e. The van der Waals surface area contributed by atoms with Gasteiger partial charge in [-0.25, -0.2) is 18.2 Å². The van der Waals surface area contributed by atoms with Crippen LogP contribution in [0.1, 0.15) is 56.3 Å². The number of alkyl halides is 2. The summed E-state index contributed by atoms with van der Waals surface area (Å²) in [6, 6.07) is 6.17. The van der Waals surface area contributed by atoms with Gasteiger partial charge in [-0.1, -0.05) is 12.5 Å². The Bertz CT molecular complexity index is 1160. The number of furan rings is 1. The van der Waals surface area contributed by atoms with Crippen LogP contribution >= 0.6 is 0 Å². The molecule has 2 aromatic heterocycles. The summed E-state index contributed by atoms with van der Waals surface area (Å²) in [5.74, 6) is -1.14. The van der Waals surface area contributed by atoms with Gasteiger partial charge in [-0.2, -0.15) is 0 Å². The van der Waals surface area contributed by atoms with Crippen LogP contribution in [0.4, 0.5) is 13.2 Å². The first-order valence-electron chi connectivity index (χ1n) is 10.5. The zero-order valence-electron chi connectivity index (χ0n) is 18.7. The van der Waals surface area contributed by atoms with Gasteiger partial charge in [-0.3, -0.25) is 4.79 Å². The lowest BCUT2D eigenvalue weighted by Crippen LogP contribution is -2.38. The lowest BCUT2D eigenvalue weighted by Gasteiger charge is -2.29. The molecule has 1 N–H and O–H groups in total. The number of benzene rings is 1. The fraction of sp³-hybridized carbons (Fsp3) is 0.333. The lowest BCUT2D eigenvalue weighted by molar-refractivity contribution is 0.0714. The number of amides is 1. The minimum Gasteiger partial charge on any atom is -0.464 e. The molecule has 0 atom stereocenters. The third-order valence-electron chi connectivity index (χ3n) is 5.32. The molecule has 1 aromatic carbocycles. The van der Waals surface area contributed by atoms with E-state index in [2.05, 4.69) is 17.2 Å². The topological polar surface area (TPSA) is 71.5 Å². The van der Waals surface area contributed by atoms with Crippen LogP contribution in [0.5, 0.6) is 0 Å². The molecule has 0 saturated heterocycles. The summed E-state index contributed by atoms with van der Waals surface area (Å²) in [7, 11) is 0. The SMILES string of the molecule is CCC(C)=CNC1=C(C)CN(C(=O)c2ocnc2C(F)F)CC1.Fc1ccc2occc2c1. The molecule has 0 saturated carbocycles. The van der Waals surface area contributed by atoms with Crippen molar-refractivity contribution >= 4 is 16.9 Å². The molecule has 1 aliphatic heterocycles. The van der Waals surface area contributed by atoms with E-state index in [1.165, 1.54) is 22.6 Å². The molecule has 33 heavy (non-hydrogen) atoms. The van der Waals surface area contributed by atoms with Gasteiger partial charge in [0.05, 0.1) is 6.26 Å². The van der Waals surface area contributed by atoms with Gasteiger partial charge in [-0.05, 0) is 56.3 Å². The second kappa shape index (κ2) is 10.9. The highest BCUT2D eigenvalue weighted by molar-refractivity contribution is 5.92. The van der Waals surface area contributed by atoms with Gasteiger partial charge in [0, 0.05) is 30.6 Å². The molecule has 4 rings (SSSR count). The summed E-state index contributed by atoms with van der Waals surface area (Å²) in [5, 5.41) is 4.08. The number of fused-ring (bicyclic) bond motifs is 1. The highest BCUT2D eigenvalue weighted by Crippen LogP contribution is 2.24. The molecule has 1 amide bonds. The zero-order chi connectivity index (χ0) is 24.0. The number of carbonyl (C=O) groups excluding carboxylic acids is 1. The van der Waals surface area contributed by atoms with Crippen LogP contribution in [0, 0.1) is 5.82 Å². The number of halogens is 3. The van der Waals surface area contributed by atoms with E-state index in [4.69, 9.17) is 8.83 Å². The predicted molar refractivity (Wildman–Crippen MR) is 118 cm³/mol. The maximum atomic E-state index is 12.8. The highest BCUT2D eigenvalue weighted by atomic mass is 19.3. The summed E-state index contributed by atoms with van der Waals surface area (Å²) < 4.78 is 48.0. The second-order valence-electron chi connectivity index (χ2n) is 7.69. The Hall–Kier alpha value is -3.49. The molecule has 1 aliphatic rings. The number of allylic oxidation sites excluding steroid dienone is 1. The molecular formula is C24H26F3N3O3. The minimum atomic E-state index is -2.83. The van der Waals surface area contributed by atoms with Crippen molar-refractivity contribution < 1.29 is 26.8 Å².